The number of carbonyl (C=O) groups is 1. The van der Waals surface area contributed by atoms with E-state index in [-0.39, 0.29) is 16.8 Å². The fourth-order valence-corrected chi connectivity index (χ4v) is 4.30. The van der Waals surface area contributed by atoms with E-state index in [4.69, 9.17) is 0 Å². The average Bonchev–Trinajstić information content (AvgIpc) is 2.75. The first-order valence-electron chi connectivity index (χ1n) is 9.89. The molecule has 1 atom stereocenters. The lowest BCUT2D eigenvalue weighted by molar-refractivity contribution is -0.119. The zero-order chi connectivity index (χ0) is 22.2. The van der Waals surface area contributed by atoms with Crippen molar-refractivity contribution >= 4 is 38.6 Å². The summed E-state index contributed by atoms with van der Waals surface area (Å²) < 4.78 is 23.3. The number of hydrogen-bond acceptors (Lipinski definition) is 6. The summed E-state index contributed by atoms with van der Waals surface area (Å²) in [6, 6.07) is 18.2. The fourth-order valence-electron chi connectivity index (χ4n) is 3.67. The lowest BCUT2D eigenvalue weighted by atomic mass is 10.1. The van der Waals surface area contributed by atoms with Gasteiger partial charge in [0.1, 0.15) is 11.9 Å². The van der Waals surface area contributed by atoms with E-state index in [2.05, 4.69) is 15.2 Å². The number of likely N-dealkylation sites (N-methyl/N-ethyl adjacent to an activating group) is 1. The first kappa shape index (κ1) is 20.9. The van der Waals surface area contributed by atoms with Crippen molar-refractivity contribution in [1.82, 2.24) is 4.98 Å². The summed E-state index contributed by atoms with van der Waals surface area (Å²) in [4.78, 5) is 21.2. The molecule has 8 heteroatoms. The van der Waals surface area contributed by atoms with Crippen LogP contribution in [0.4, 0.5) is 22.9 Å². The van der Waals surface area contributed by atoms with Crippen molar-refractivity contribution in [1.29, 1.82) is 0 Å². The molecule has 0 spiro atoms. The van der Waals surface area contributed by atoms with E-state index in [0.29, 0.717) is 12.4 Å². The number of benzene rings is 2. The number of amides is 1. The maximum atomic E-state index is 12.8. The van der Waals surface area contributed by atoms with Gasteiger partial charge in [0.05, 0.1) is 22.5 Å². The Labute approximate surface area is 182 Å². The normalized spacial score (nSPS) is 16.2. The molecule has 2 heterocycles. The molecule has 4 rings (SSSR count). The van der Waals surface area contributed by atoms with Gasteiger partial charge in [-0.3, -0.25) is 4.79 Å². The van der Waals surface area contributed by atoms with E-state index >= 15 is 0 Å². The summed E-state index contributed by atoms with van der Waals surface area (Å²) >= 11 is 0. The third-order valence-corrected chi connectivity index (χ3v) is 6.57. The van der Waals surface area contributed by atoms with Gasteiger partial charge in [0.2, 0.25) is 5.91 Å². The van der Waals surface area contributed by atoms with E-state index in [1.165, 1.54) is 6.26 Å². The number of carbonyl (C=O) groups excluding carboxylic acids is 1. The standard InChI is InChI=1S/C23H24N4O3S/c1-16-23(28)26(2)21-14-24-22(25-18-9-11-19(12-10-18)31(3,29)30)13-20(21)27(16)15-17-7-5-4-6-8-17/h4-14,16H,15H2,1-3H3,(H,24,25). The van der Waals surface area contributed by atoms with Gasteiger partial charge in [0.25, 0.3) is 0 Å². The highest BCUT2D eigenvalue weighted by atomic mass is 32.2. The summed E-state index contributed by atoms with van der Waals surface area (Å²) in [5.41, 5.74) is 3.49. The van der Waals surface area contributed by atoms with Crippen molar-refractivity contribution < 1.29 is 13.2 Å². The highest BCUT2D eigenvalue weighted by Crippen LogP contribution is 2.37. The van der Waals surface area contributed by atoms with E-state index in [9.17, 15) is 13.2 Å². The molecule has 1 aliphatic heterocycles. The van der Waals surface area contributed by atoms with Crippen molar-refractivity contribution in [2.24, 2.45) is 0 Å². The monoisotopic (exact) mass is 436 g/mol. The smallest absolute Gasteiger partial charge is 0.249 e. The maximum absolute atomic E-state index is 12.8. The fraction of sp³-hybridized carbons (Fsp3) is 0.217. The predicted molar refractivity (Wildman–Crippen MR) is 123 cm³/mol. The first-order valence-corrected chi connectivity index (χ1v) is 11.8. The van der Waals surface area contributed by atoms with E-state index in [0.717, 1.165) is 22.6 Å². The summed E-state index contributed by atoms with van der Waals surface area (Å²) in [5, 5.41) is 3.22. The van der Waals surface area contributed by atoms with Gasteiger partial charge in [-0.1, -0.05) is 30.3 Å². The molecule has 3 aromatic rings. The van der Waals surface area contributed by atoms with Gasteiger partial charge in [-0.25, -0.2) is 13.4 Å². The highest BCUT2D eigenvalue weighted by molar-refractivity contribution is 7.90. The van der Waals surface area contributed by atoms with E-state index in [1.54, 1.807) is 42.4 Å². The zero-order valence-electron chi connectivity index (χ0n) is 17.6. The SMILES string of the molecule is CC1C(=O)N(C)c2cnc(Nc3ccc(S(C)(=O)=O)cc3)cc2N1Cc1ccccc1. The Bertz CT molecular complexity index is 1210. The van der Waals surface area contributed by atoms with Crippen LogP contribution in [0.15, 0.2) is 71.8 Å². The van der Waals surface area contributed by atoms with Gasteiger partial charge in [0.15, 0.2) is 9.84 Å². The van der Waals surface area contributed by atoms with Gasteiger partial charge in [-0.15, -0.1) is 0 Å². The molecule has 0 aliphatic carbocycles. The third kappa shape index (κ3) is 4.25. The number of aromatic nitrogens is 1. The van der Waals surface area contributed by atoms with Crippen LogP contribution in [-0.2, 0) is 21.2 Å². The van der Waals surface area contributed by atoms with Crippen molar-refractivity contribution in [3.05, 3.63) is 72.4 Å². The van der Waals surface area contributed by atoms with Gasteiger partial charge < -0.3 is 15.1 Å². The molecular weight excluding hydrogens is 412 g/mol. The number of rotatable bonds is 5. The Kier molecular flexibility index (Phi) is 5.41. The molecule has 0 fully saturated rings. The molecule has 0 bridgehead atoms. The van der Waals surface area contributed by atoms with E-state index in [1.807, 2.05) is 43.3 Å². The molecule has 1 N–H and O–H groups in total. The molecule has 1 aromatic heterocycles. The second kappa shape index (κ2) is 8.03. The lowest BCUT2D eigenvalue weighted by Gasteiger charge is -2.40. The zero-order valence-corrected chi connectivity index (χ0v) is 18.4. The molecule has 31 heavy (non-hydrogen) atoms. The Morgan fingerprint density at radius 1 is 1.03 bits per heavy atom. The van der Waals surface area contributed by atoms with Crippen LogP contribution in [0.1, 0.15) is 12.5 Å². The summed E-state index contributed by atoms with van der Waals surface area (Å²) in [6.45, 7) is 2.50. The molecule has 2 aromatic carbocycles. The molecule has 0 saturated carbocycles. The summed E-state index contributed by atoms with van der Waals surface area (Å²) in [7, 11) is -1.49. The Morgan fingerprint density at radius 3 is 2.35 bits per heavy atom. The first-order chi connectivity index (χ1) is 14.7. The Hall–Kier alpha value is -3.39. The number of sulfone groups is 1. The predicted octanol–water partition coefficient (Wildman–Crippen LogP) is 3.60. The number of nitrogens with zero attached hydrogens (tertiary/aromatic N) is 3. The molecule has 1 aliphatic rings. The second-order valence-corrected chi connectivity index (χ2v) is 9.68. The van der Waals surface area contributed by atoms with Crippen molar-refractivity contribution in [2.75, 3.05) is 28.4 Å². The molecule has 0 saturated heterocycles. The highest BCUT2D eigenvalue weighted by Gasteiger charge is 2.34. The van der Waals surface area contributed by atoms with E-state index < -0.39 is 9.84 Å². The third-order valence-electron chi connectivity index (χ3n) is 5.44. The minimum Gasteiger partial charge on any atom is -0.354 e. The molecule has 160 valence electrons. The van der Waals surface area contributed by atoms with Crippen molar-refractivity contribution in [3.63, 3.8) is 0 Å². The van der Waals surface area contributed by atoms with Gasteiger partial charge in [-0.05, 0) is 36.8 Å². The van der Waals surface area contributed by atoms with Crippen LogP contribution in [0.5, 0.6) is 0 Å². The quantitative estimate of drug-likeness (QED) is 0.658. The number of anilines is 4. The molecule has 1 amide bonds. The number of nitrogens with one attached hydrogen (secondary N) is 1. The van der Waals surface area contributed by atoms with Crippen LogP contribution < -0.4 is 15.1 Å². The van der Waals surface area contributed by atoms with Crippen LogP contribution in [-0.4, -0.2) is 38.7 Å². The summed E-state index contributed by atoms with van der Waals surface area (Å²) in [6.07, 6.45) is 2.87. The molecule has 0 radical (unpaired) electrons. The topological polar surface area (TPSA) is 82.6 Å². The minimum absolute atomic E-state index is 0.0160. The van der Waals surface area contributed by atoms with Crippen LogP contribution in [0.25, 0.3) is 0 Å². The van der Waals surface area contributed by atoms with Crippen LogP contribution >= 0.6 is 0 Å². The number of fused-ring (bicyclic) bond motifs is 1. The molecule has 1 unspecified atom stereocenters. The van der Waals surface area contributed by atoms with Gasteiger partial charge >= 0.3 is 0 Å². The Morgan fingerprint density at radius 2 is 1.71 bits per heavy atom. The van der Waals surface area contributed by atoms with Gasteiger partial charge in [0, 0.05) is 31.6 Å². The number of pyridine rings is 1. The van der Waals surface area contributed by atoms with Crippen molar-refractivity contribution in [2.45, 2.75) is 24.4 Å². The lowest BCUT2D eigenvalue weighted by Crippen LogP contribution is -2.50. The van der Waals surface area contributed by atoms with Crippen molar-refractivity contribution in [3.8, 4) is 0 Å². The van der Waals surface area contributed by atoms with Crippen LogP contribution in [0, 0.1) is 0 Å². The molecule has 7 nitrogen and oxygen atoms in total. The largest absolute Gasteiger partial charge is 0.354 e. The summed E-state index contributed by atoms with van der Waals surface area (Å²) in [5.74, 6) is 0.626. The average molecular weight is 437 g/mol. The number of hydrogen-bond donors (Lipinski definition) is 1. The Balaban J connectivity index is 1.66. The maximum Gasteiger partial charge on any atom is 0.249 e. The minimum atomic E-state index is -3.25. The van der Waals surface area contributed by atoms with Gasteiger partial charge in [-0.2, -0.15) is 0 Å². The second-order valence-electron chi connectivity index (χ2n) is 7.67. The van der Waals surface area contributed by atoms with Crippen LogP contribution in [0.2, 0.25) is 0 Å². The molecular formula is C23H24N4O3S. The van der Waals surface area contributed by atoms with Crippen LogP contribution in [0.3, 0.4) is 0 Å².